The number of halogens is 1. The van der Waals surface area contributed by atoms with E-state index >= 15 is 0 Å². The lowest BCUT2D eigenvalue weighted by Gasteiger charge is -2.38. The molecule has 0 bridgehead atoms. The van der Waals surface area contributed by atoms with Gasteiger partial charge in [-0.25, -0.2) is 4.39 Å². The minimum atomic E-state index is -0.410. The number of aromatic hydroxyl groups is 1. The molecule has 21 heavy (non-hydrogen) atoms. The van der Waals surface area contributed by atoms with E-state index in [0.29, 0.717) is 11.3 Å². The van der Waals surface area contributed by atoms with Gasteiger partial charge in [0.15, 0.2) is 0 Å². The van der Waals surface area contributed by atoms with Gasteiger partial charge in [0, 0.05) is 5.56 Å². The van der Waals surface area contributed by atoms with Gasteiger partial charge in [-0.1, -0.05) is 24.6 Å². The Morgan fingerprint density at radius 3 is 2.71 bits per heavy atom. The van der Waals surface area contributed by atoms with E-state index in [0.717, 1.165) is 31.2 Å². The summed E-state index contributed by atoms with van der Waals surface area (Å²) < 4.78 is 20.6. The first-order valence-corrected chi connectivity index (χ1v) is 7.47. The van der Waals surface area contributed by atoms with E-state index in [4.69, 9.17) is 4.74 Å². The van der Waals surface area contributed by atoms with Gasteiger partial charge in [0.1, 0.15) is 23.4 Å². The summed E-state index contributed by atoms with van der Waals surface area (Å²) >= 11 is 0. The minimum Gasteiger partial charge on any atom is -0.508 e. The number of hydrogen-bond acceptors (Lipinski definition) is 2. The highest BCUT2D eigenvalue weighted by atomic mass is 19.1. The Kier molecular flexibility index (Phi) is 2.71. The third-order valence-corrected chi connectivity index (χ3v) is 4.91. The number of benzene rings is 2. The summed E-state index contributed by atoms with van der Waals surface area (Å²) in [5.41, 5.74) is 1.32. The molecule has 1 fully saturated rings. The normalized spacial score (nSPS) is 26.8. The maximum atomic E-state index is 14.5. The number of hydrogen-bond donors (Lipinski definition) is 1. The molecule has 2 aromatic rings. The van der Waals surface area contributed by atoms with E-state index < -0.39 is 5.41 Å². The van der Waals surface area contributed by atoms with E-state index in [9.17, 15) is 9.50 Å². The Labute approximate surface area is 123 Å². The summed E-state index contributed by atoms with van der Waals surface area (Å²) in [4.78, 5) is 0. The second-order valence-electron chi connectivity index (χ2n) is 5.98. The first-order chi connectivity index (χ1) is 10.2. The molecule has 2 atom stereocenters. The van der Waals surface area contributed by atoms with Crippen molar-refractivity contribution in [2.75, 3.05) is 0 Å². The Bertz CT molecular complexity index is 680. The summed E-state index contributed by atoms with van der Waals surface area (Å²) in [7, 11) is 0. The van der Waals surface area contributed by atoms with Crippen molar-refractivity contribution >= 4 is 0 Å². The summed E-state index contributed by atoms with van der Waals surface area (Å²) in [6.45, 7) is 0. The summed E-state index contributed by atoms with van der Waals surface area (Å²) in [6, 6.07) is 12.2. The largest absolute Gasteiger partial charge is 0.508 e. The molecule has 2 aliphatic rings. The van der Waals surface area contributed by atoms with Crippen molar-refractivity contribution < 1.29 is 14.2 Å². The van der Waals surface area contributed by atoms with Crippen molar-refractivity contribution in [2.45, 2.75) is 37.2 Å². The quantitative estimate of drug-likeness (QED) is 0.852. The molecule has 1 heterocycles. The number of fused-ring (bicyclic) bond motifs is 3. The fourth-order valence-corrected chi connectivity index (χ4v) is 4.01. The summed E-state index contributed by atoms with van der Waals surface area (Å²) in [6.07, 6.45) is 3.99. The van der Waals surface area contributed by atoms with Crippen molar-refractivity contribution in [1.29, 1.82) is 0 Å². The van der Waals surface area contributed by atoms with Crippen LogP contribution in [0.5, 0.6) is 11.5 Å². The molecule has 1 aliphatic carbocycles. The smallest absolute Gasteiger partial charge is 0.131 e. The number of ether oxygens (including phenoxy) is 1. The second kappa shape index (κ2) is 4.48. The van der Waals surface area contributed by atoms with Crippen LogP contribution in [0.3, 0.4) is 0 Å². The molecular weight excluding hydrogens is 267 g/mol. The fraction of sp³-hybridized carbons (Fsp3) is 0.333. The number of rotatable bonds is 1. The van der Waals surface area contributed by atoms with Crippen LogP contribution in [0.25, 0.3) is 0 Å². The van der Waals surface area contributed by atoms with Gasteiger partial charge in [0.25, 0.3) is 0 Å². The molecule has 0 saturated heterocycles. The third-order valence-electron chi connectivity index (χ3n) is 4.91. The molecule has 0 amide bonds. The molecule has 1 aliphatic heterocycles. The highest BCUT2D eigenvalue weighted by molar-refractivity contribution is 5.54. The highest BCUT2D eigenvalue weighted by Crippen LogP contribution is 2.54. The van der Waals surface area contributed by atoms with Crippen LogP contribution < -0.4 is 4.74 Å². The molecule has 0 radical (unpaired) electrons. The van der Waals surface area contributed by atoms with Gasteiger partial charge in [0.2, 0.25) is 0 Å². The van der Waals surface area contributed by atoms with Gasteiger partial charge in [-0.3, -0.25) is 0 Å². The topological polar surface area (TPSA) is 29.5 Å². The molecule has 4 rings (SSSR count). The zero-order chi connectivity index (χ0) is 14.4. The Balaban J connectivity index is 1.96. The Morgan fingerprint density at radius 2 is 1.90 bits per heavy atom. The van der Waals surface area contributed by atoms with E-state index in [1.54, 1.807) is 18.2 Å². The molecule has 1 N–H and O–H groups in total. The summed E-state index contributed by atoms with van der Waals surface area (Å²) in [5, 5.41) is 9.54. The van der Waals surface area contributed by atoms with Gasteiger partial charge >= 0.3 is 0 Å². The molecule has 0 spiro atoms. The average Bonchev–Trinajstić information content (AvgIpc) is 2.84. The van der Waals surface area contributed by atoms with E-state index in [-0.39, 0.29) is 17.7 Å². The molecule has 2 nitrogen and oxygen atoms in total. The van der Waals surface area contributed by atoms with Crippen LogP contribution in [-0.4, -0.2) is 11.2 Å². The molecule has 3 heteroatoms. The maximum absolute atomic E-state index is 14.5. The highest BCUT2D eigenvalue weighted by Gasteiger charge is 2.52. The molecule has 108 valence electrons. The van der Waals surface area contributed by atoms with Gasteiger partial charge in [-0.15, -0.1) is 0 Å². The average molecular weight is 284 g/mol. The van der Waals surface area contributed by atoms with Crippen molar-refractivity contribution in [2.24, 2.45) is 0 Å². The van der Waals surface area contributed by atoms with Gasteiger partial charge in [0.05, 0.1) is 5.41 Å². The lowest BCUT2D eigenvalue weighted by Crippen LogP contribution is -2.42. The van der Waals surface area contributed by atoms with Crippen LogP contribution in [0.4, 0.5) is 4.39 Å². The minimum absolute atomic E-state index is 0.0114. The number of phenols is 1. The predicted molar refractivity (Wildman–Crippen MR) is 78.2 cm³/mol. The second-order valence-corrected chi connectivity index (χ2v) is 5.98. The van der Waals surface area contributed by atoms with E-state index in [2.05, 4.69) is 0 Å². The van der Waals surface area contributed by atoms with Crippen LogP contribution in [0, 0.1) is 5.82 Å². The third kappa shape index (κ3) is 1.70. The monoisotopic (exact) mass is 284 g/mol. The lowest BCUT2D eigenvalue weighted by atomic mass is 9.64. The molecule has 1 saturated carbocycles. The van der Waals surface area contributed by atoms with E-state index in [1.165, 1.54) is 6.07 Å². The van der Waals surface area contributed by atoms with Crippen molar-refractivity contribution in [3.63, 3.8) is 0 Å². The molecule has 0 unspecified atom stereocenters. The van der Waals surface area contributed by atoms with Crippen LogP contribution in [-0.2, 0) is 5.41 Å². The van der Waals surface area contributed by atoms with Crippen LogP contribution in [0.2, 0.25) is 0 Å². The van der Waals surface area contributed by atoms with Gasteiger partial charge in [-0.05, 0) is 49.1 Å². The van der Waals surface area contributed by atoms with E-state index in [1.807, 2.05) is 18.2 Å². The standard InChI is InChI=1S/C18H17FO2/c19-14-4-3-5-15-17(14)18(11-2-1-6-16(18)21-15)12-7-9-13(20)10-8-12/h3-5,7-10,16,20H,1-2,6,11H2/t16-,18-/m0/s1. The zero-order valence-electron chi connectivity index (χ0n) is 11.7. The SMILES string of the molecule is Oc1ccc([C@@]23CCCC[C@@H]2Oc2cccc(F)c23)cc1. The van der Waals surface area contributed by atoms with Crippen molar-refractivity contribution in [1.82, 2.24) is 0 Å². The molecule has 2 aromatic carbocycles. The molecule has 0 aromatic heterocycles. The number of phenolic OH excluding ortho intramolecular Hbond substituents is 1. The zero-order valence-corrected chi connectivity index (χ0v) is 11.7. The maximum Gasteiger partial charge on any atom is 0.131 e. The van der Waals surface area contributed by atoms with Crippen molar-refractivity contribution in [3.05, 3.63) is 59.4 Å². The lowest BCUT2D eigenvalue weighted by molar-refractivity contribution is 0.122. The first-order valence-electron chi connectivity index (χ1n) is 7.47. The van der Waals surface area contributed by atoms with Crippen LogP contribution in [0.1, 0.15) is 36.8 Å². The van der Waals surface area contributed by atoms with Gasteiger partial charge < -0.3 is 9.84 Å². The summed E-state index contributed by atoms with van der Waals surface area (Å²) in [5.74, 6) is 0.718. The van der Waals surface area contributed by atoms with Crippen LogP contribution >= 0.6 is 0 Å². The fourth-order valence-electron chi connectivity index (χ4n) is 4.01. The molecular formula is C18H17FO2. The Morgan fingerprint density at radius 1 is 1.10 bits per heavy atom. The van der Waals surface area contributed by atoms with Gasteiger partial charge in [-0.2, -0.15) is 0 Å². The first kappa shape index (κ1) is 12.7. The Hall–Kier alpha value is -2.03. The van der Waals surface area contributed by atoms with Crippen molar-refractivity contribution in [3.8, 4) is 11.5 Å². The predicted octanol–water partition coefficient (Wildman–Crippen LogP) is 4.15. The van der Waals surface area contributed by atoms with Crippen LogP contribution in [0.15, 0.2) is 42.5 Å².